The molecule has 1 aliphatic rings. The van der Waals surface area contributed by atoms with Gasteiger partial charge in [0.05, 0.1) is 0 Å². The highest BCUT2D eigenvalue weighted by atomic mass is 32.1. The lowest BCUT2D eigenvalue weighted by Crippen LogP contribution is -2.36. The quantitative estimate of drug-likeness (QED) is 0.811. The zero-order valence-electron chi connectivity index (χ0n) is 13.5. The van der Waals surface area contributed by atoms with Crippen LogP contribution >= 0.6 is 12.2 Å². The summed E-state index contributed by atoms with van der Waals surface area (Å²) in [6, 6.07) is 13.3. The molecule has 0 spiro atoms. The van der Waals surface area contributed by atoms with Gasteiger partial charge in [-0.1, -0.05) is 24.3 Å². The number of halogens is 1. The Balaban J connectivity index is 1.74. The number of thiocarbonyl (C=S) groups is 1. The van der Waals surface area contributed by atoms with Crippen molar-refractivity contribution in [3.8, 4) is 0 Å². The highest BCUT2D eigenvalue weighted by molar-refractivity contribution is 7.80. The van der Waals surface area contributed by atoms with E-state index in [9.17, 15) is 4.39 Å². The first-order valence-electron chi connectivity index (χ1n) is 7.93. The van der Waals surface area contributed by atoms with Crippen molar-refractivity contribution in [2.24, 2.45) is 0 Å². The predicted molar refractivity (Wildman–Crippen MR) is 97.1 cm³/mol. The van der Waals surface area contributed by atoms with Crippen LogP contribution in [0, 0.1) is 19.7 Å². The number of rotatable bonds is 4. The third kappa shape index (κ3) is 3.88. The van der Waals surface area contributed by atoms with Gasteiger partial charge in [0.15, 0.2) is 5.11 Å². The highest BCUT2D eigenvalue weighted by Crippen LogP contribution is 2.29. The minimum atomic E-state index is -0.206. The van der Waals surface area contributed by atoms with Gasteiger partial charge in [-0.3, -0.25) is 0 Å². The summed E-state index contributed by atoms with van der Waals surface area (Å²) >= 11 is 5.64. The van der Waals surface area contributed by atoms with Crippen molar-refractivity contribution < 1.29 is 4.39 Å². The second-order valence-corrected chi connectivity index (χ2v) is 6.55. The van der Waals surface area contributed by atoms with Gasteiger partial charge in [0.25, 0.3) is 0 Å². The lowest BCUT2D eigenvalue weighted by molar-refractivity contribution is 0.409. The predicted octanol–water partition coefficient (Wildman–Crippen LogP) is 4.80. The number of anilines is 1. The van der Waals surface area contributed by atoms with Crippen LogP contribution in [0.4, 0.5) is 10.1 Å². The Morgan fingerprint density at radius 3 is 2.52 bits per heavy atom. The first kappa shape index (κ1) is 15.9. The molecule has 2 aromatic carbocycles. The topological polar surface area (TPSA) is 15.3 Å². The number of hydrogen-bond acceptors (Lipinski definition) is 1. The molecule has 0 amide bonds. The molecule has 1 fully saturated rings. The summed E-state index contributed by atoms with van der Waals surface area (Å²) in [6.45, 7) is 4.91. The van der Waals surface area contributed by atoms with Crippen LogP contribution in [-0.2, 0) is 6.54 Å². The zero-order valence-corrected chi connectivity index (χ0v) is 14.3. The Morgan fingerprint density at radius 2 is 1.87 bits per heavy atom. The van der Waals surface area contributed by atoms with Gasteiger partial charge in [0.1, 0.15) is 5.82 Å². The van der Waals surface area contributed by atoms with Crippen LogP contribution < -0.4 is 5.32 Å². The van der Waals surface area contributed by atoms with Crippen molar-refractivity contribution in [1.82, 2.24) is 4.90 Å². The van der Waals surface area contributed by atoms with Gasteiger partial charge in [-0.05, 0) is 73.8 Å². The molecule has 4 heteroatoms. The fourth-order valence-corrected chi connectivity index (χ4v) is 2.94. The molecule has 0 bridgehead atoms. The van der Waals surface area contributed by atoms with Crippen LogP contribution in [0.1, 0.15) is 29.5 Å². The summed E-state index contributed by atoms with van der Waals surface area (Å²) < 4.78 is 13.1. The molecule has 2 aromatic rings. The van der Waals surface area contributed by atoms with E-state index in [1.165, 1.54) is 23.3 Å². The summed E-state index contributed by atoms with van der Waals surface area (Å²) in [5.74, 6) is -0.206. The molecule has 1 aliphatic carbocycles. The molecule has 120 valence electrons. The van der Waals surface area contributed by atoms with Crippen molar-refractivity contribution in [1.29, 1.82) is 0 Å². The van der Waals surface area contributed by atoms with Gasteiger partial charge in [0.2, 0.25) is 0 Å². The third-order valence-electron chi connectivity index (χ3n) is 4.36. The maximum absolute atomic E-state index is 13.1. The first-order chi connectivity index (χ1) is 11.0. The molecular weight excluding hydrogens is 307 g/mol. The Kier molecular flexibility index (Phi) is 4.62. The van der Waals surface area contributed by atoms with Gasteiger partial charge >= 0.3 is 0 Å². The molecule has 0 unspecified atom stereocenters. The summed E-state index contributed by atoms with van der Waals surface area (Å²) in [6.07, 6.45) is 2.33. The van der Waals surface area contributed by atoms with E-state index in [1.807, 2.05) is 18.2 Å². The second-order valence-electron chi connectivity index (χ2n) is 6.16. The van der Waals surface area contributed by atoms with Gasteiger partial charge in [-0.2, -0.15) is 0 Å². The van der Waals surface area contributed by atoms with Gasteiger partial charge in [0, 0.05) is 18.3 Å². The van der Waals surface area contributed by atoms with Gasteiger partial charge in [-0.25, -0.2) is 4.39 Å². The summed E-state index contributed by atoms with van der Waals surface area (Å²) in [4.78, 5) is 2.21. The molecule has 0 radical (unpaired) electrons. The lowest BCUT2D eigenvalue weighted by Gasteiger charge is -2.26. The molecule has 1 N–H and O–H groups in total. The van der Waals surface area contributed by atoms with Crippen molar-refractivity contribution in [2.75, 3.05) is 5.32 Å². The van der Waals surface area contributed by atoms with Crippen LogP contribution in [-0.4, -0.2) is 16.1 Å². The Morgan fingerprint density at radius 1 is 1.17 bits per heavy atom. The molecule has 2 nitrogen and oxygen atoms in total. The van der Waals surface area contributed by atoms with E-state index in [0.717, 1.165) is 29.2 Å². The van der Waals surface area contributed by atoms with E-state index >= 15 is 0 Å². The summed E-state index contributed by atoms with van der Waals surface area (Å²) in [5, 5.41) is 4.13. The molecule has 3 rings (SSSR count). The number of aryl methyl sites for hydroxylation is 1. The minimum absolute atomic E-state index is 0.206. The number of nitrogens with one attached hydrogen (secondary N) is 1. The Bertz CT molecular complexity index is 708. The molecular formula is C19H21FN2S. The average Bonchev–Trinajstić information content (AvgIpc) is 3.36. The van der Waals surface area contributed by atoms with E-state index in [4.69, 9.17) is 12.2 Å². The van der Waals surface area contributed by atoms with Gasteiger partial charge < -0.3 is 10.2 Å². The maximum Gasteiger partial charge on any atom is 0.173 e. The van der Waals surface area contributed by atoms with Crippen LogP contribution in [0.2, 0.25) is 0 Å². The van der Waals surface area contributed by atoms with E-state index in [0.29, 0.717) is 12.6 Å². The SMILES string of the molecule is Cc1cccc(NC(=S)N(Cc2ccc(F)cc2)C2CC2)c1C. The lowest BCUT2D eigenvalue weighted by atomic mass is 10.1. The Hall–Kier alpha value is -1.94. The smallest absolute Gasteiger partial charge is 0.173 e. The van der Waals surface area contributed by atoms with Crippen molar-refractivity contribution >= 4 is 23.0 Å². The molecule has 0 aliphatic heterocycles. The third-order valence-corrected chi connectivity index (χ3v) is 4.70. The van der Waals surface area contributed by atoms with Crippen molar-refractivity contribution in [3.63, 3.8) is 0 Å². The standard InChI is InChI=1S/C19H21FN2S/c1-13-4-3-5-18(14(13)2)21-19(23)22(17-10-11-17)12-15-6-8-16(20)9-7-15/h3-9,17H,10-12H2,1-2H3,(H,21,23). The maximum atomic E-state index is 13.1. The monoisotopic (exact) mass is 328 g/mol. The van der Waals surface area contributed by atoms with Crippen molar-refractivity contribution in [2.45, 2.75) is 39.3 Å². The summed E-state index contributed by atoms with van der Waals surface area (Å²) in [7, 11) is 0. The van der Waals surface area contributed by atoms with E-state index in [-0.39, 0.29) is 5.82 Å². The fraction of sp³-hybridized carbons (Fsp3) is 0.316. The van der Waals surface area contributed by atoms with Crippen LogP contribution in [0.3, 0.4) is 0 Å². The normalized spacial score (nSPS) is 13.7. The summed E-state index contributed by atoms with van der Waals surface area (Å²) in [5.41, 5.74) is 4.59. The van der Waals surface area contributed by atoms with E-state index in [2.05, 4.69) is 36.2 Å². The average molecular weight is 328 g/mol. The molecule has 0 saturated heterocycles. The highest BCUT2D eigenvalue weighted by Gasteiger charge is 2.31. The number of nitrogens with zero attached hydrogens (tertiary/aromatic N) is 1. The molecule has 0 heterocycles. The van der Waals surface area contributed by atoms with Crippen molar-refractivity contribution in [3.05, 3.63) is 65.0 Å². The van der Waals surface area contributed by atoms with Crippen LogP contribution in [0.25, 0.3) is 0 Å². The van der Waals surface area contributed by atoms with Crippen LogP contribution in [0.5, 0.6) is 0 Å². The van der Waals surface area contributed by atoms with Gasteiger partial charge in [-0.15, -0.1) is 0 Å². The number of hydrogen-bond donors (Lipinski definition) is 1. The van der Waals surface area contributed by atoms with E-state index in [1.54, 1.807) is 0 Å². The van der Waals surface area contributed by atoms with E-state index < -0.39 is 0 Å². The molecule has 0 aromatic heterocycles. The molecule has 0 atom stereocenters. The second kappa shape index (κ2) is 6.67. The first-order valence-corrected chi connectivity index (χ1v) is 8.33. The largest absolute Gasteiger partial charge is 0.342 e. The molecule has 23 heavy (non-hydrogen) atoms. The fourth-order valence-electron chi connectivity index (χ4n) is 2.61. The molecule has 1 saturated carbocycles. The zero-order chi connectivity index (χ0) is 16.4. The Labute approximate surface area is 142 Å². The minimum Gasteiger partial charge on any atom is -0.342 e. The number of benzene rings is 2. The van der Waals surface area contributed by atoms with Crippen LogP contribution in [0.15, 0.2) is 42.5 Å².